The highest BCUT2D eigenvalue weighted by Gasteiger charge is 2.29. The summed E-state index contributed by atoms with van der Waals surface area (Å²) in [4.78, 5) is 24.2. The molecule has 10 heteroatoms. The summed E-state index contributed by atoms with van der Waals surface area (Å²) in [6, 6.07) is 0. The van der Waals surface area contributed by atoms with Gasteiger partial charge in [-0.2, -0.15) is 9.51 Å². The first kappa shape index (κ1) is 10.2. The van der Waals surface area contributed by atoms with E-state index in [1.54, 1.807) is 0 Å². The van der Waals surface area contributed by atoms with Gasteiger partial charge in [-0.05, 0) is 0 Å². The van der Waals surface area contributed by atoms with Gasteiger partial charge >= 0.3 is 15.6 Å². The third-order valence-corrected chi connectivity index (χ3v) is 2.44. The average molecular weight is 192 g/mol. The van der Waals surface area contributed by atoms with Crippen LogP contribution in [-0.4, -0.2) is 14.7 Å². The molecule has 1 unspecified atom stereocenters. The molecule has 0 saturated carbocycles. The van der Waals surface area contributed by atoms with Crippen molar-refractivity contribution in [2.24, 2.45) is 5.84 Å². The molecule has 0 radical (unpaired) electrons. The van der Waals surface area contributed by atoms with Gasteiger partial charge in [-0.1, -0.05) is 0 Å². The maximum atomic E-state index is 10.2. The molecule has 0 aliphatic rings. The van der Waals surface area contributed by atoms with Gasteiger partial charge in [0.25, 0.3) is 0 Å². The molecule has 0 heterocycles. The van der Waals surface area contributed by atoms with E-state index in [9.17, 15) is 9.13 Å². The molecule has 0 aliphatic heterocycles. The van der Waals surface area contributed by atoms with E-state index >= 15 is 0 Å². The Morgan fingerprint density at radius 2 is 1.70 bits per heavy atom. The van der Waals surface area contributed by atoms with Crippen LogP contribution < -0.4 is 11.0 Å². The van der Waals surface area contributed by atoms with Crippen LogP contribution in [0.2, 0.25) is 0 Å². The van der Waals surface area contributed by atoms with Crippen LogP contribution >= 0.6 is 15.6 Å². The Hall–Kier alpha value is 0.220. The Bertz CT molecular complexity index is 192. The van der Waals surface area contributed by atoms with E-state index in [4.69, 9.17) is 14.7 Å². The molecule has 0 rings (SSSR count). The summed E-state index contributed by atoms with van der Waals surface area (Å²) < 4.78 is 23.4. The maximum Gasteiger partial charge on any atom is 0.477 e. The second kappa shape index (κ2) is 3.08. The molecular formula is H6N2O6P2. The Balaban J connectivity index is 4.17. The lowest BCUT2D eigenvalue weighted by Crippen LogP contribution is -2.18. The molecule has 0 aromatic heterocycles. The van der Waals surface area contributed by atoms with Gasteiger partial charge in [-0.3, -0.25) is 5.84 Å². The van der Waals surface area contributed by atoms with Crippen LogP contribution in [0, 0.1) is 0 Å². The minimum absolute atomic E-state index is 1.19. The smallest absolute Gasteiger partial charge is 0.311 e. The van der Waals surface area contributed by atoms with Crippen LogP contribution in [-0.2, 0) is 13.4 Å². The first-order valence-electron chi connectivity index (χ1n) is 1.84. The van der Waals surface area contributed by atoms with Gasteiger partial charge in [0.2, 0.25) is 0 Å². The Morgan fingerprint density at radius 1 is 1.30 bits per heavy atom. The van der Waals surface area contributed by atoms with Crippen molar-refractivity contribution in [3.63, 3.8) is 0 Å². The van der Waals surface area contributed by atoms with E-state index in [1.807, 2.05) is 0 Å². The molecule has 10 heavy (non-hydrogen) atoms. The molecule has 0 aliphatic carbocycles. The molecule has 0 aromatic carbocycles. The first-order valence-corrected chi connectivity index (χ1v) is 4.95. The molecule has 62 valence electrons. The maximum absolute atomic E-state index is 10.2. The predicted octanol–water partition coefficient (Wildman–Crippen LogP) is -1.34. The molecule has 0 fully saturated rings. The van der Waals surface area contributed by atoms with Crippen molar-refractivity contribution < 1.29 is 28.1 Å². The Kier molecular flexibility index (Phi) is 3.15. The van der Waals surface area contributed by atoms with Gasteiger partial charge in [-0.25, -0.2) is 9.13 Å². The van der Waals surface area contributed by atoms with Crippen LogP contribution in [0.4, 0.5) is 0 Å². The van der Waals surface area contributed by atoms with Crippen molar-refractivity contribution in [2.75, 3.05) is 0 Å². The van der Waals surface area contributed by atoms with Gasteiger partial charge in [-0.15, -0.1) is 0 Å². The van der Waals surface area contributed by atoms with Gasteiger partial charge in [0.15, 0.2) is 0 Å². The van der Waals surface area contributed by atoms with Gasteiger partial charge in [0, 0.05) is 0 Å². The molecule has 0 saturated heterocycles. The lowest BCUT2D eigenvalue weighted by Gasteiger charge is -2.09. The first-order chi connectivity index (χ1) is 4.27. The van der Waals surface area contributed by atoms with E-state index in [0.29, 0.717) is 0 Å². The zero-order valence-corrected chi connectivity index (χ0v) is 6.33. The molecule has 0 bridgehead atoms. The van der Waals surface area contributed by atoms with E-state index in [1.165, 1.54) is 5.20 Å². The molecule has 1 atom stereocenters. The van der Waals surface area contributed by atoms with Crippen molar-refractivity contribution in [2.45, 2.75) is 0 Å². The lowest BCUT2D eigenvalue weighted by molar-refractivity contribution is 0.259. The zero-order valence-electron chi connectivity index (χ0n) is 4.54. The van der Waals surface area contributed by atoms with Gasteiger partial charge < -0.3 is 14.7 Å². The SMILES string of the molecule is NNP(=O)(O)OP(=O)(O)O. The van der Waals surface area contributed by atoms with Crippen LogP contribution in [0.3, 0.4) is 0 Å². The third-order valence-electron chi connectivity index (χ3n) is 0.380. The molecule has 6 N–H and O–H groups in total. The summed E-state index contributed by atoms with van der Waals surface area (Å²) in [5, 5.41) is 1.19. The fourth-order valence-corrected chi connectivity index (χ4v) is 1.51. The fraction of sp³-hybridized carbons (Fsp3) is 0. The molecular weight excluding hydrogens is 186 g/mol. The minimum Gasteiger partial charge on any atom is -0.311 e. The standard InChI is InChI=1S/H6N2O6P2/c1-2-9(3,4)8-10(5,6)7/h1H2,(H2,2,3,4)(H2,5,6,7). The predicted molar refractivity (Wildman–Crippen MR) is 30.3 cm³/mol. The summed E-state index contributed by atoms with van der Waals surface area (Å²) in [5.74, 6) is 4.38. The quantitative estimate of drug-likeness (QED) is 0.210. The van der Waals surface area contributed by atoms with Gasteiger partial charge in [0.1, 0.15) is 0 Å². The second-order valence-electron chi connectivity index (χ2n) is 1.22. The number of phosphoric acid groups is 1. The van der Waals surface area contributed by atoms with Crippen LogP contribution in [0.1, 0.15) is 0 Å². The summed E-state index contributed by atoms with van der Waals surface area (Å²) in [7, 11) is -9.49. The van der Waals surface area contributed by atoms with Crippen LogP contribution in [0.15, 0.2) is 0 Å². The monoisotopic (exact) mass is 192 g/mol. The molecule has 0 spiro atoms. The van der Waals surface area contributed by atoms with E-state index in [-0.39, 0.29) is 0 Å². The number of nitrogens with two attached hydrogens (primary N) is 1. The van der Waals surface area contributed by atoms with Crippen LogP contribution in [0.5, 0.6) is 0 Å². The minimum atomic E-state index is -4.96. The van der Waals surface area contributed by atoms with Crippen molar-refractivity contribution in [1.82, 2.24) is 5.20 Å². The summed E-state index contributed by atoms with van der Waals surface area (Å²) in [5.41, 5.74) is 0. The molecule has 8 nitrogen and oxygen atoms in total. The highest BCUT2D eigenvalue weighted by Crippen LogP contribution is 2.53. The van der Waals surface area contributed by atoms with Crippen molar-refractivity contribution >= 4 is 15.6 Å². The summed E-state index contributed by atoms with van der Waals surface area (Å²) in [6.07, 6.45) is 0. The Morgan fingerprint density at radius 3 is 1.80 bits per heavy atom. The third kappa shape index (κ3) is 5.04. The lowest BCUT2D eigenvalue weighted by atomic mass is 13.0. The molecule has 0 aromatic rings. The van der Waals surface area contributed by atoms with Crippen molar-refractivity contribution in [1.29, 1.82) is 0 Å². The zero-order chi connectivity index (χ0) is 8.41. The highest BCUT2D eigenvalue weighted by atomic mass is 31.3. The second-order valence-corrected chi connectivity index (χ2v) is 4.16. The Labute approximate surface area is 55.8 Å². The summed E-state index contributed by atoms with van der Waals surface area (Å²) >= 11 is 0. The van der Waals surface area contributed by atoms with E-state index in [0.717, 1.165) is 0 Å². The number of rotatable bonds is 3. The number of hydrazine groups is 1. The van der Waals surface area contributed by atoms with Crippen molar-refractivity contribution in [3.05, 3.63) is 0 Å². The number of nitrogens with one attached hydrogen (secondary N) is 1. The van der Waals surface area contributed by atoms with E-state index < -0.39 is 15.6 Å². The van der Waals surface area contributed by atoms with E-state index in [2.05, 4.69) is 10.2 Å². The molecule has 0 amide bonds. The number of hydrogen-bond donors (Lipinski definition) is 5. The fourth-order valence-electron chi connectivity index (χ4n) is 0.168. The highest BCUT2D eigenvalue weighted by molar-refractivity contribution is 7.62. The largest absolute Gasteiger partial charge is 0.477 e. The van der Waals surface area contributed by atoms with Gasteiger partial charge in [0.05, 0.1) is 0 Å². The number of hydrogen-bond acceptors (Lipinski definition) is 4. The van der Waals surface area contributed by atoms with Crippen LogP contribution in [0.25, 0.3) is 0 Å². The average Bonchev–Trinajstić information content (AvgIpc) is 1.60. The normalized spacial score (nSPS) is 18.4. The summed E-state index contributed by atoms with van der Waals surface area (Å²) in [6.45, 7) is 0. The topological polar surface area (TPSA) is 142 Å². The van der Waals surface area contributed by atoms with Crippen molar-refractivity contribution in [3.8, 4) is 0 Å².